The molecule has 0 unspecified atom stereocenters. The lowest BCUT2D eigenvalue weighted by Crippen LogP contribution is -1.87. The molecule has 0 aliphatic carbocycles. The van der Waals surface area contributed by atoms with E-state index >= 15 is 0 Å². The van der Waals surface area contributed by atoms with E-state index in [1.165, 1.54) is 5.56 Å². The van der Waals surface area contributed by atoms with Gasteiger partial charge in [-0.15, -0.1) is 0 Å². The second-order valence-electron chi connectivity index (χ2n) is 4.39. The molecule has 0 amide bonds. The zero-order valence-electron chi connectivity index (χ0n) is 10.0. The van der Waals surface area contributed by atoms with Gasteiger partial charge in [-0.25, -0.2) is 4.98 Å². The molecular weight excluding hydrogens is 242 g/mol. The van der Waals surface area contributed by atoms with Gasteiger partial charge in [-0.05, 0) is 18.4 Å². The highest BCUT2D eigenvalue weighted by atomic mass is 35.5. The Morgan fingerprint density at radius 3 is 2.50 bits per heavy atom. The standard InChI is InChI=1S/C16H12ClN/c1-11-7-8-14-13(9-11)10-15(18-16(14)17)12-5-3-2-4-6-12/h2-10H,1H3. The summed E-state index contributed by atoms with van der Waals surface area (Å²) >= 11 is 6.25. The first-order valence-electron chi connectivity index (χ1n) is 5.86. The van der Waals surface area contributed by atoms with E-state index in [9.17, 15) is 0 Å². The van der Waals surface area contributed by atoms with Gasteiger partial charge in [0.05, 0.1) is 5.69 Å². The minimum Gasteiger partial charge on any atom is -0.235 e. The highest BCUT2D eigenvalue weighted by molar-refractivity contribution is 6.34. The van der Waals surface area contributed by atoms with Crippen LogP contribution in [0.5, 0.6) is 0 Å². The second-order valence-corrected chi connectivity index (χ2v) is 4.75. The zero-order valence-corrected chi connectivity index (χ0v) is 10.8. The summed E-state index contributed by atoms with van der Waals surface area (Å²) in [5, 5.41) is 2.70. The van der Waals surface area contributed by atoms with Gasteiger partial charge in [0.15, 0.2) is 0 Å². The molecule has 1 heterocycles. The van der Waals surface area contributed by atoms with Crippen molar-refractivity contribution in [3.8, 4) is 11.3 Å². The van der Waals surface area contributed by atoms with Crippen molar-refractivity contribution in [3.05, 3.63) is 65.3 Å². The Bertz CT molecular complexity index is 705. The molecule has 3 aromatic rings. The van der Waals surface area contributed by atoms with E-state index in [1.54, 1.807) is 0 Å². The lowest BCUT2D eigenvalue weighted by Gasteiger charge is -2.06. The molecule has 0 N–H and O–H groups in total. The smallest absolute Gasteiger partial charge is 0.137 e. The van der Waals surface area contributed by atoms with Gasteiger partial charge in [-0.2, -0.15) is 0 Å². The molecule has 0 aliphatic heterocycles. The van der Waals surface area contributed by atoms with Gasteiger partial charge >= 0.3 is 0 Å². The van der Waals surface area contributed by atoms with Crippen molar-refractivity contribution in [1.82, 2.24) is 4.98 Å². The Morgan fingerprint density at radius 1 is 0.944 bits per heavy atom. The predicted molar refractivity (Wildman–Crippen MR) is 76.9 cm³/mol. The predicted octanol–water partition coefficient (Wildman–Crippen LogP) is 4.86. The minimum absolute atomic E-state index is 0.561. The molecule has 0 atom stereocenters. The molecule has 2 aromatic carbocycles. The van der Waals surface area contributed by atoms with Crippen LogP contribution in [-0.4, -0.2) is 4.98 Å². The third-order valence-corrected chi connectivity index (χ3v) is 3.30. The minimum atomic E-state index is 0.561. The molecule has 0 bridgehead atoms. The van der Waals surface area contributed by atoms with Crippen LogP contribution in [0, 0.1) is 6.92 Å². The van der Waals surface area contributed by atoms with Crippen LogP contribution < -0.4 is 0 Å². The van der Waals surface area contributed by atoms with Crippen LogP contribution in [0.15, 0.2) is 54.6 Å². The largest absolute Gasteiger partial charge is 0.235 e. The topological polar surface area (TPSA) is 12.9 Å². The van der Waals surface area contributed by atoms with Crippen LogP contribution in [0.1, 0.15) is 5.56 Å². The SMILES string of the molecule is Cc1ccc2c(Cl)nc(-c3ccccc3)cc2c1. The first kappa shape index (κ1) is 11.2. The summed E-state index contributed by atoms with van der Waals surface area (Å²) in [4.78, 5) is 4.47. The van der Waals surface area contributed by atoms with E-state index in [0.717, 1.165) is 22.0 Å². The summed E-state index contributed by atoms with van der Waals surface area (Å²) in [6.07, 6.45) is 0. The summed E-state index contributed by atoms with van der Waals surface area (Å²) in [5.74, 6) is 0. The molecule has 1 aromatic heterocycles. The van der Waals surface area contributed by atoms with Gasteiger partial charge in [0, 0.05) is 10.9 Å². The zero-order chi connectivity index (χ0) is 12.5. The summed E-state index contributed by atoms with van der Waals surface area (Å²) in [6, 6.07) is 18.4. The van der Waals surface area contributed by atoms with Crippen molar-refractivity contribution in [1.29, 1.82) is 0 Å². The fourth-order valence-corrected chi connectivity index (χ4v) is 2.35. The van der Waals surface area contributed by atoms with Crippen LogP contribution in [0.2, 0.25) is 5.15 Å². The number of hydrogen-bond donors (Lipinski definition) is 0. The van der Waals surface area contributed by atoms with Crippen molar-refractivity contribution in [3.63, 3.8) is 0 Å². The van der Waals surface area contributed by atoms with E-state index in [2.05, 4.69) is 30.1 Å². The van der Waals surface area contributed by atoms with Crippen LogP contribution in [0.4, 0.5) is 0 Å². The third kappa shape index (κ3) is 1.98. The lowest BCUT2D eigenvalue weighted by atomic mass is 10.1. The third-order valence-electron chi connectivity index (χ3n) is 3.01. The maximum Gasteiger partial charge on any atom is 0.137 e. The maximum atomic E-state index is 6.25. The number of aryl methyl sites for hydroxylation is 1. The van der Waals surface area contributed by atoms with Crippen molar-refractivity contribution in [2.75, 3.05) is 0 Å². The number of rotatable bonds is 1. The molecule has 0 fully saturated rings. The highest BCUT2D eigenvalue weighted by Crippen LogP contribution is 2.28. The van der Waals surface area contributed by atoms with Gasteiger partial charge in [0.25, 0.3) is 0 Å². The Morgan fingerprint density at radius 2 is 1.72 bits per heavy atom. The number of benzene rings is 2. The van der Waals surface area contributed by atoms with Crippen LogP contribution in [0.25, 0.3) is 22.0 Å². The van der Waals surface area contributed by atoms with E-state index in [0.29, 0.717) is 5.15 Å². The van der Waals surface area contributed by atoms with Crippen molar-refractivity contribution in [2.45, 2.75) is 6.92 Å². The van der Waals surface area contributed by atoms with Gasteiger partial charge < -0.3 is 0 Å². The normalized spacial score (nSPS) is 10.8. The average molecular weight is 254 g/mol. The number of fused-ring (bicyclic) bond motifs is 1. The first-order valence-corrected chi connectivity index (χ1v) is 6.24. The van der Waals surface area contributed by atoms with E-state index in [1.807, 2.05) is 36.4 Å². The van der Waals surface area contributed by atoms with Crippen molar-refractivity contribution >= 4 is 22.4 Å². The number of halogens is 1. The fraction of sp³-hybridized carbons (Fsp3) is 0.0625. The van der Waals surface area contributed by atoms with Gasteiger partial charge in [0.2, 0.25) is 0 Å². The Labute approximate surface area is 111 Å². The van der Waals surface area contributed by atoms with Crippen LogP contribution in [-0.2, 0) is 0 Å². The molecular formula is C16H12ClN. The molecule has 2 heteroatoms. The summed E-state index contributed by atoms with van der Waals surface area (Å²) in [6.45, 7) is 2.08. The lowest BCUT2D eigenvalue weighted by molar-refractivity contribution is 1.35. The number of aromatic nitrogens is 1. The molecule has 88 valence electrons. The fourth-order valence-electron chi connectivity index (χ4n) is 2.09. The Balaban J connectivity index is 2.27. The first-order chi connectivity index (χ1) is 8.74. The van der Waals surface area contributed by atoms with Crippen molar-refractivity contribution < 1.29 is 0 Å². The van der Waals surface area contributed by atoms with Gasteiger partial charge in [0.1, 0.15) is 5.15 Å². The van der Waals surface area contributed by atoms with E-state index < -0.39 is 0 Å². The second kappa shape index (κ2) is 4.43. The molecule has 0 radical (unpaired) electrons. The molecule has 3 rings (SSSR count). The number of pyridine rings is 1. The van der Waals surface area contributed by atoms with Crippen LogP contribution in [0.3, 0.4) is 0 Å². The van der Waals surface area contributed by atoms with Crippen molar-refractivity contribution in [2.24, 2.45) is 0 Å². The van der Waals surface area contributed by atoms with Gasteiger partial charge in [-0.1, -0.05) is 65.7 Å². The molecule has 0 spiro atoms. The average Bonchev–Trinajstić information content (AvgIpc) is 2.39. The molecule has 1 nitrogen and oxygen atoms in total. The number of hydrogen-bond acceptors (Lipinski definition) is 1. The monoisotopic (exact) mass is 253 g/mol. The molecule has 18 heavy (non-hydrogen) atoms. The summed E-state index contributed by atoms with van der Waals surface area (Å²) in [7, 11) is 0. The molecule has 0 saturated carbocycles. The van der Waals surface area contributed by atoms with E-state index in [-0.39, 0.29) is 0 Å². The van der Waals surface area contributed by atoms with Gasteiger partial charge in [-0.3, -0.25) is 0 Å². The molecule has 0 saturated heterocycles. The Hall–Kier alpha value is -1.86. The quantitative estimate of drug-likeness (QED) is 0.564. The maximum absolute atomic E-state index is 6.25. The summed E-state index contributed by atoms with van der Waals surface area (Å²) < 4.78 is 0. The highest BCUT2D eigenvalue weighted by Gasteiger charge is 2.05. The van der Waals surface area contributed by atoms with Crippen LogP contribution >= 0.6 is 11.6 Å². The summed E-state index contributed by atoms with van der Waals surface area (Å²) in [5.41, 5.74) is 3.23. The number of nitrogens with zero attached hydrogens (tertiary/aromatic N) is 1. The van der Waals surface area contributed by atoms with E-state index in [4.69, 9.17) is 11.6 Å². The molecule has 0 aliphatic rings. The Kier molecular flexibility index (Phi) is 2.77.